The van der Waals surface area contributed by atoms with Crippen LogP contribution in [0.1, 0.15) is 26.2 Å². The molecule has 1 aromatic heterocycles. The van der Waals surface area contributed by atoms with Crippen molar-refractivity contribution in [1.82, 2.24) is 14.8 Å². The normalized spacial score (nSPS) is 17.6. The van der Waals surface area contributed by atoms with Crippen molar-refractivity contribution in [1.29, 1.82) is 0 Å². The van der Waals surface area contributed by atoms with Gasteiger partial charge in [0.2, 0.25) is 0 Å². The lowest BCUT2D eigenvalue weighted by atomic mass is 10.2. The molecule has 1 fully saturated rings. The molecule has 0 radical (unpaired) electrons. The molecule has 1 heterocycles. The van der Waals surface area contributed by atoms with E-state index in [9.17, 15) is 4.79 Å². The van der Waals surface area contributed by atoms with Crippen LogP contribution in [0.5, 0.6) is 0 Å². The Morgan fingerprint density at radius 1 is 1.62 bits per heavy atom. The molecule has 4 nitrogen and oxygen atoms in total. The fraction of sp³-hybridized carbons (Fsp3) is 0.800. The molecule has 1 aliphatic rings. The average molecular weight is 259 g/mol. The zero-order valence-corrected chi connectivity index (χ0v) is 11.1. The van der Waals surface area contributed by atoms with Gasteiger partial charge in [0, 0.05) is 12.3 Å². The second-order valence-corrected chi connectivity index (χ2v) is 5.67. The van der Waals surface area contributed by atoms with E-state index in [1.165, 1.54) is 12.8 Å². The van der Waals surface area contributed by atoms with E-state index < -0.39 is 0 Å². The second-order valence-electron chi connectivity index (χ2n) is 4.41. The SMILES string of the molecule is CCCn1c(SCC2(CS)CC2)n[nH]c1=O. The van der Waals surface area contributed by atoms with Gasteiger partial charge in [-0.15, -0.1) is 5.10 Å². The Kier molecular flexibility index (Phi) is 3.69. The number of aromatic nitrogens is 3. The molecule has 1 N–H and O–H groups in total. The summed E-state index contributed by atoms with van der Waals surface area (Å²) < 4.78 is 1.72. The third-order valence-corrected chi connectivity index (χ3v) is 4.97. The molecule has 0 atom stereocenters. The predicted octanol–water partition coefficient (Wildman–Crippen LogP) is 1.78. The van der Waals surface area contributed by atoms with Crippen molar-refractivity contribution in [3.8, 4) is 0 Å². The van der Waals surface area contributed by atoms with Crippen molar-refractivity contribution in [2.75, 3.05) is 11.5 Å². The first-order valence-electron chi connectivity index (χ1n) is 5.60. The molecule has 0 unspecified atom stereocenters. The first kappa shape index (κ1) is 12.1. The number of hydrogen-bond donors (Lipinski definition) is 2. The third kappa shape index (κ3) is 2.48. The van der Waals surface area contributed by atoms with E-state index in [2.05, 4.69) is 29.7 Å². The number of thiol groups is 1. The monoisotopic (exact) mass is 259 g/mol. The molecule has 2 rings (SSSR count). The summed E-state index contributed by atoms with van der Waals surface area (Å²) in [6, 6.07) is 0. The van der Waals surface area contributed by atoms with Crippen molar-refractivity contribution in [2.45, 2.75) is 37.9 Å². The van der Waals surface area contributed by atoms with Gasteiger partial charge in [0.25, 0.3) is 0 Å². The van der Waals surface area contributed by atoms with Gasteiger partial charge in [-0.2, -0.15) is 12.6 Å². The van der Waals surface area contributed by atoms with Crippen molar-refractivity contribution < 1.29 is 0 Å². The third-order valence-electron chi connectivity index (χ3n) is 2.97. The van der Waals surface area contributed by atoms with Gasteiger partial charge in [-0.1, -0.05) is 18.7 Å². The summed E-state index contributed by atoms with van der Waals surface area (Å²) in [7, 11) is 0. The lowest BCUT2D eigenvalue weighted by Gasteiger charge is -2.10. The zero-order valence-electron chi connectivity index (χ0n) is 9.40. The molecule has 0 aliphatic heterocycles. The number of nitrogens with one attached hydrogen (secondary N) is 1. The van der Waals surface area contributed by atoms with Crippen LogP contribution < -0.4 is 5.69 Å². The van der Waals surface area contributed by atoms with Crippen LogP contribution in [-0.2, 0) is 6.54 Å². The molecule has 0 aromatic carbocycles. The van der Waals surface area contributed by atoms with Crippen LogP contribution >= 0.6 is 24.4 Å². The van der Waals surface area contributed by atoms with Crippen LogP contribution in [0.15, 0.2) is 9.95 Å². The maximum Gasteiger partial charge on any atom is 0.343 e. The number of H-pyrrole nitrogens is 1. The van der Waals surface area contributed by atoms with E-state index in [1.54, 1.807) is 16.3 Å². The first-order valence-corrected chi connectivity index (χ1v) is 7.21. The van der Waals surface area contributed by atoms with E-state index in [1.807, 2.05) is 0 Å². The van der Waals surface area contributed by atoms with Crippen LogP contribution in [0.4, 0.5) is 0 Å². The molecule has 1 aliphatic carbocycles. The summed E-state index contributed by atoms with van der Waals surface area (Å²) in [5, 5.41) is 7.40. The van der Waals surface area contributed by atoms with Crippen molar-refractivity contribution in [2.24, 2.45) is 5.41 Å². The molecule has 6 heteroatoms. The molecule has 0 amide bonds. The van der Waals surface area contributed by atoms with Crippen molar-refractivity contribution in [3.63, 3.8) is 0 Å². The molecule has 0 saturated heterocycles. The highest BCUT2D eigenvalue weighted by Gasteiger charge is 2.41. The maximum absolute atomic E-state index is 11.5. The Bertz CT molecular complexity index is 408. The smallest absolute Gasteiger partial charge is 0.270 e. The Labute approximate surface area is 105 Å². The highest BCUT2D eigenvalue weighted by Crippen LogP contribution is 2.49. The number of nitrogens with zero attached hydrogens (tertiary/aromatic N) is 2. The lowest BCUT2D eigenvalue weighted by molar-refractivity contribution is 0.601. The largest absolute Gasteiger partial charge is 0.343 e. The van der Waals surface area contributed by atoms with Gasteiger partial charge in [0.15, 0.2) is 5.16 Å². The number of thioether (sulfide) groups is 1. The minimum Gasteiger partial charge on any atom is -0.270 e. The number of aromatic amines is 1. The van der Waals surface area contributed by atoms with E-state index in [-0.39, 0.29) is 5.69 Å². The van der Waals surface area contributed by atoms with Crippen LogP contribution in [0.25, 0.3) is 0 Å². The molecule has 90 valence electrons. The topological polar surface area (TPSA) is 50.7 Å². The van der Waals surface area contributed by atoms with Gasteiger partial charge in [0.05, 0.1) is 0 Å². The van der Waals surface area contributed by atoms with Gasteiger partial charge >= 0.3 is 5.69 Å². The number of hydrogen-bond acceptors (Lipinski definition) is 4. The predicted molar refractivity (Wildman–Crippen MR) is 69.4 cm³/mol. The van der Waals surface area contributed by atoms with Crippen LogP contribution in [-0.4, -0.2) is 26.3 Å². The molecule has 0 spiro atoms. The minimum atomic E-state index is -0.0972. The Balaban J connectivity index is 2.01. The molecular formula is C10H17N3OS2. The van der Waals surface area contributed by atoms with Crippen LogP contribution in [0.3, 0.4) is 0 Å². The van der Waals surface area contributed by atoms with Gasteiger partial charge in [-0.3, -0.25) is 4.57 Å². The second kappa shape index (κ2) is 4.87. The summed E-state index contributed by atoms with van der Waals surface area (Å²) in [5.74, 6) is 1.95. The standard InChI is InChI=1S/C10H17N3OS2/c1-2-5-13-8(14)11-12-9(13)16-7-10(6-15)3-4-10/h15H,2-7H2,1H3,(H,11,14). The first-order chi connectivity index (χ1) is 7.71. The van der Waals surface area contributed by atoms with E-state index in [0.717, 1.165) is 29.6 Å². The quantitative estimate of drug-likeness (QED) is 0.605. The fourth-order valence-corrected chi connectivity index (χ4v) is 3.42. The Morgan fingerprint density at radius 3 is 2.94 bits per heavy atom. The fourth-order valence-electron chi connectivity index (χ4n) is 1.58. The highest BCUT2D eigenvalue weighted by molar-refractivity contribution is 7.99. The van der Waals surface area contributed by atoms with Crippen LogP contribution in [0.2, 0.25) is 0 Å². The van der Waals surface area contributed by atoms with E-state index in [4.69, 9.17) is 0 Å². The van der Waals surface area contributed by atoms with Gasteiger partial charge in [-0.05, 0) is 30.4 Å². The number of rotatable bonds is 6. The molecule has 0 bridgehead atoms. The molecule has 1 saturated carbocycles. The summed E-state index contributed by atoms with van der Waals surface area (Å²) in [6.07, 6.45) is 3.46. The van der Waals surface area contributed by atoms with Gasteiger partial charge in [-0.25, -0.2) is 9.89 Å². The summed E-state index contributed by atoms with van der Waals surface area (Å²) in [5.41, 5.74) is 0.305. The molecular weight excluding hydrogens is 242 g/mol. The summed E-state index contributed by atoms with van der Waals surface area (Å²) in [6.45, 7) is 2.80. The maximum atomic E-state index is 11.5. The van der Waals surface area contributed by atoms with Gasteiger partial charge in [0.1, 0.15) is 0 Å². The van der Waals surface area contributed by atoms with Crippen molar-refractivity contribution >= 4 is 24.4 Å². The average Bonchev–Trinajstić information content (AvgIpc) is 3.00. The minimum absolute atomic E-state index is 0.0972. The molecule has 16 heavy (non-hydrogen) atoms. The van der Waals surface area contributed by atoms with Crippen LogP contribution in [0, 0.1) is 5.41 Å². The lowest BCUT2D eigenvalue weighted by Crippen LogP contribution is -2.17. The van der Waals surface area contributed by atoms with Crippen molar-refractivity contribution in [3.05, 3.63) is 10.5 Å². The summed E-state index contributed by atoms with van der Waals surface area (Å²) in [4.78, 5) is 11.5. The Morgan fingerprint density at radius 2 is 2.38 bits per heavy atom. The highest BCUT2D eigenvalue weighted by atomic mass is 32.2. The van der Waals surface area contributed by atoms with E-state index in [0.29, 0.717) is 5.41 Å². The van der Waals surface area contributed by atoms with Gasteiger partial charge < -0.3 is 0 Å². The zero-order chi connectivity index (χ0) is 11.6. The summed E-state index contributed by atoms with van der Waals surface area (Å²) >= 11 is 6.05. The molecule has 1 aromatic rings. The van der Waals surface area contributed by atoms with E-state index >= 15 is 0 Å². The Hall–Kier alpha value is -0.360.